The number of nitrogens with zero attached hydrogens (tertiary/aromatic N) is 1. The van der Waals surface area contributed by atoms with E-state index in [9.17, 15) is 15.0 Å². The summed E-state index contributed by atoms with van der Waals surface area (Å²) >= 11 is 1.52. The Balaban J connectivity index is 1.36. The van der Waals surface area contributed by atoms with E-state index >= 15 is 0 Å². The van der Waals surface area contributed by atoms with Gasteiger partial charge in [0.15, 0.2) is 23.0 Å². The average molecular weight is 373 g/mol. The molecule has 26 heavy (non-hydrogen) atoms. The molecule has 2 heterocycles. The highest BCUT2D eigenvalue weighted by Gasteiger charge is 2.13. The first-order valence-electron chi connectivity index (χ1n) is 8.14. The molecule has 0 bridgehead atoms. The van der Waals surface area contributed by atoms with Crippen molar-refractivity contribution in [3.8, 4) is 22.1 Å². The lowest BCUT2D eigenvalue weighted by atomic mass is 10.2. The van der Waals surface area contributed by atoms with Crippen LogP contribution in [0.1, 0.15) is 22.5 Å². The second kappa shape index (κ2) is 8.50. The van der Waals surface area contributed by atoms with Gasteiger partial charge < -0.3 is 25.4 Å². The number of aromatic hydroxyl groups is 2. The Morgan fingerprint density at radius 1 is 1.15 bits per heavy atom. The van der Waals surface area contributed by atoms with Crippen LogP contribution in [0.2, 0.25) is 0 Å². The molecule has 0 unspecified atom stereocenters. The molecule has 0 saturated heterocycles. The number of carbonyl (C=O) groups is 1. The Morgan fingerprint density at radius 3 is 2.81 bits per heavy atom. The van der Waals surface area contributed by atoms with Gasteiger partial charge in [0, 0.05) is 19.2 Å². The number of phenolic OH excluding ortho intramolecular Hbond substituents is 2. The first-order valence-corrected chi connectivity index (χ1v) is 9.02. The van der Waals surface area contributed by atoms with Crippen LogP contribution in [0.15, 0.2) is 46.3 Å². The van der Waals surface area contributed by atoms with Crippen LogP contribution in [-0.4, -0.2) is 34.4 Å². The number of amides is 1. The fourth-order valence-electron chi connectivity index (χ4n) is 2.33. The fourth-order valence-corrected chi connectivity index (χ4v) is 3.01. The van der Waals surface area contributed by atoms with Crippen molar-refractivity contribution in [1.29, 1.82) is 0 Å². The molecule has 0 saturated carbocycles. The Morgan fingerprint density at radius 2 is 2.04 bits per heavy atom. The van der Waals surface area contributed by atoms with Gasteiger partial charge >= 0.3 is 0 Å². The second-order valence-corrected chi connectivity index (χ2v) is 6.61. The van der Waals surface area contributed by atoms with E-state index in [0.717, 1.165) is 16.9 Å². The van der Waals surface area contributed by atoms with E-state index in [2.05, 4.69) is 15.8 Å². The fraction of sp³-hybridized carbons (Fsp3) is 0.222. The number of aromatic nitrogens is 1. The van der Waals surface area contributed by atoms with E-state index in [0.29, 0.717) is 25.4 Å². The molecule has 0 spiro atoms. The standard InChI is InChI=1S/C18H19N3O4S/c22-14-5-4-12(9-15(14)23)11-19-6-2-7-20-18(24)13-10-16(25-21-13)17-3-1-8-26-17/h1,3-5,8-10,19,22-23H,2,6-7,11H2,(H,20,24). The van der Waals surface area contributed by atoms with Gasteiger partial charge in [-0.3, -0.25) is 4.79 Å². The monoisotopic (exact) mass is 373 g/mol. The molecule has 3 rings (SSSR count). The number of thiophene rings is 1. The number of hydrogen-bond acceptors (Lipinski definition) is 7. The van der Waals surface area contributed by atoms with Crippen LogP contribution in [0, 0.1) is 0 Å². The van der Waals surface area contributed by atoms with Crippen LogP contribution in [0.5, 0.6) is 11.5 Å². The molecule has 7 nitrogen and oxygen atoms in total. The summed E-state index contributed by atoms with van der Waals surface area (Å²) < 4.78 is 5.19. The zero-order valence-corrected chi connectivity index (χ0v) is 14.8. The van der Waals surface area contributed by atoms with Gasteiger partial charge in [0.05, 0.1) is 4.88 Å². The smallest absolute Gasteiger partial charge is 0.273 e. The van der Waals surface area contributed by atoms with Crippen molar-refractivity contribution in [2.24, 2.45) is 0 Å². The lowest BCUT2D eigenvalue weighted by molar-refractivity contribution is 0.0944. The normalized spacial score (nSPS) is 10.8. The zero-order chi connectivity index (χ0) is 18.4. The summed E-state index contributed by atoms with van der Waals surface area (Å²) in [6.07, 6.45) is 0.742. The number of carbonyl (C=O) groups excluding carboxylic acids is 1. The molecule has 0 aliphatic rings. The quantitative estimate of drug-likeness (QED) is 0.357. The summed E-state index contributed by atoms with van der Waals surface area (Å²) in [5.41, 5.74) is 1.13. The minimum Gasteiger partial charge on any atom is -0.504 e. The number of nitrogens with one attached hydrogen (secondary N) is 2. The van der Waals surface area contributed by atoms with Gasteiger partial charge in [-0.25, -0.2) is 0 Å². The van der Waals surface area contributed by atoms with Crippen molar-refractivity contribution in [2.45, 2.75) is 13.0 Å². The largest absolute Gasteiger partial charge is 0.504 e. The summed E-state index contributed by atoms with van der Waals surface area (Å²) in [6.45, 7) is 1.77. The van der Waals surface area contributed by atoms with Crippen molar-refractivity contribution < 1.29 is 19.5 Å². The van der Waals surface area contributed by atoms with Gasteiger partial charge in [0.25, 0.3) is 5.91 Å². The van der Waals surface area contributed by atoms with E-state index in [4.69, 9.17) is 4.52 Å². The maximum absolute atomic E-state index is 12.0. The van der Waals surface area contributed by atoms with Crippen LogP contribution in [-0.2, 0) is 6.54 Å². The first-order chi connectivity index (χ1) is 12.6. The molecule has 0 fully saturated rings. The molecular weight excluding hydrogens is 354 g/mol. The third-order valence-electron chi connectivity index (χ3n) is 3.69. The van der Waals surface area contributed by atoms with E-state index in [1.54, 1.807) is 12.1 Å². The van der Waals surface area contributed by atoms with Crippen LogP contribution < -0.4 is 10.6 Å². The Kier molecular flexibility index (Phi) is 5.88. The molecule has 0 aliphatic carbocycles. The molecule has 8 heteroatoms. The number of benzene rings is 1. The van der Waals surface area contributed by atoms with Gasteiger partial charge in [-0.1, -0.05) is 17.3 Å². The summed E-state index contributed by atoms with van der Waals surface area (Å²) in [6, 6.07) is 10.2. The SMILES string of the molecule is O=C(NCCCNCc1ccc(O)c(O)c1)c1cc(-c2cccs2)on1. The summed E-state index contributed by atoms with van der Waals surface area (Å²) in [5.74, 6) is 0.0571. The Hall–Kier alpha value is -2.84. The highest BCUT2D eigenvalue weighted by Crippen LogP contribution is 2.25. The highest BCUT2D eigenvalue weighted by atomic mass is 32.1. The first kappa shape index (κ1) is 18.0. The van der Waals surface area contributed by atoms with Crippen molar-refractivity contribution in [3.63, 3.8) is 0 Å². The minimum absolute atomic E-state index is 0.133. The van der Waals surface area contributed by atoms with Gasteiger partial charge in [-0.2, -0.15) is 0 Å². The predicted molar refractivity (Wildman–Crippen MR) is 98.2 cm³/mol. The molecule has 0 aliphatic heterocycles. The third kappa shape index (κ3) is 4.62. The van der Waals surface area contributed by atoms with Gasteiger partial charge in [0.2, 0.25) is 0 Å². The molecule has 0 radical (unpaired) electrons. The Bertz CT molecular complexity index is 861. The number of rotatable bonds is 8. The van der Waals surface area contributed by atoms with E-state index in [-0.39, 0.29) is 23.1 Å². The van der Waals surface area contributed by atoms with Gasteiger partial charge in [0.1, 0.15) is 0 Å². The van der Waals surface area contributed by atoms with Crippen molar-refractivity contribution >= 4 is 17.2 Å². The second-order valence-electron chi connectivity index (χ2n) is 5.66. The van der Waals surface area contributed by atoms with E-state index in [1.165, 1.54) is 23.5 Å². The number of hydrogen-bond donors (Lipinski definition) is 4. The van der Waals surface area contributed by atoms with E-state index < -0.39 is 0 Å². The lowest BCUT2D eigenvalue weighted by Gasteiger charge is -2.06. The van der Waals surface area contributed by atoms with Crippen LogP contribution in [0.3, 0.4) is 0 Å². The highest BCUT2D eigenvalue weighted by molar-refractivity contribution is 7.13. The minimum atomic E-state index is -0.264. The maximum Gasteiger partial charge on any atom is 0.273 e. The van der Waals surface area contributed by atoms with Crippen LogP contribution >= 0.6 is 11.3 Å². The van der Waals surface area contributed by atoms with E-state index in [1.807, 2.05) is 17.5 Å². The summed E-state index contributed by atoms with van der Waals surface area (Å²) in [4.78, 5) is 13.0. The van der Waals surface area contributed by atoms with Crippen LogP contribution in [0.25, 0.3) is 10.6 Å². The molecule has 1 amide bonds. The molecular formula is C18H19N3O4S. The molecule has 3 aromatic rings. The van der Waals surface area contributed by atoms with Gasteiger partial charge in [-0.05, 0) is 42.1 Å². The molecule has 1 aromatic carbocycles. The molecule has 136 valence electrons. The Labute approximate surface area is 154 Å². The zero-order valence-electron chi connectivity index (χ0n) is 13.9. The topological polar surface area (TPSA) is 108 Å². The number of phenols is 2. The van der Waals surface area contributed by atoms with Crippen molar-refractivity contribution in [1.82, 2.24) is 15.8 Å². The summed E-state index contributed by atoms with van der Waals surface area (Å²) in [7, 11) is 0. The molecule has 0 atom stereocenters. The summed E-state index contributed by atoms with van der Waals surface area (Å²) in [5, 5.41) is 30.4. The third-order valence-corrected chi connectivity index (χ3v) is 4.58. The maximum atomic E-state index is 12.0. The van der Waals surface area contributed by atoms with Crippen molar-refractivity contribution in [2.75, 3.05) is 13.1 Å². The predicted octanol–water partition coefficient (Wildman–Crippen LogP) is 2.72. The lowest BCUT2D eigenvalue weighted by Crippen LogP contribution is -2.27. The molecule has 4 N–H and O–H groups in total. The van der Waals surface area contributed by atoms with Crippen molar-refractivity contribution in [3.05, 3.63) is 53.0 Å². The molecule has 2 aromatic heterocycles. The van der Waals surface area contributed by atoms with Gasteiger partial charge in [-0.15, -0.1) is 11.3 Å². The van der Waals surface area contributed by atoms with Crippen LogP contribution in [0.4, 0.5) is 0 Å². The average Bonchev–Trinajstić information content (AvgIpc) is 3.31.